The highest BCUT2D eigenvalue weighted by atomic mass is 31.1. The third-order valence-corrected chi connectivity index (χ3v) is 7.09. The molecule has 2 amide bonds. The molecule has 176 valence electrons. The van der Waals surface area contributed by atoms with Crippen LogP contribution in [0.3, 0.4) is 0 Å². The lowest BCUT2D eigenvalue weighted by Crippen LogP contribution is -2.52. The molecule has 2 N–H and O–H groups in total. The van der Waals surface area contributed by atoms with Crippen molar-refractivity contribution in [3.63, 3.8) is 0 Å². The van der Waals surface area contributed by atoms with E-state index in [9.17, 15) is 14.4 Å². The van der Waals surface area contributed by atoms with Gasteiger partial charge in [0.05, 0.1) is 13.2 Å². The minimum absolute atomic E-state index is 0.216. The fourth-order valence-corrected chi connectivity index (χ4v) is 4.92. The first-order valence-corrected chi connectivity index (χ1v) is 14.2. The van der Waals surface area contributed by atoms with Gasteiger partial charge in [-0.3, -0.25) is 0 Å². The molecule has 0 radical (unpaired) electrons. The van der Waals surface area contributed by atoms with Crippen LogP contribution in [0.2, 0.25) is 0 Å². The summed E-state index contributed by atoms with van der Waals surface area (Å²) in [6, 6.07) is -2.24. The van der Waals surface area contributed by atoms with Crippen molar-refractivity contribution in [2.75, 3.05) is 52.1 Å². The minimum Gasteiger partial charge on any atom is -0.464 e. The number of carbonyl (C=O) groups excluding carboxylic acids is 3. The van der Waals surface area contributed by atoms with E-state index < -0.39 is 46.4 Å². The average molecular weight is 468 g/mol. The topological polar surface area (TPSA) is 112 Å². The summed E-state index contributed by atoms with van der Waals surface area (Å²) in [6.07, 6.45) is 2.07. The quantitative estimate of drug-likeness (QED) is 0.264. The number of urea groups is 1. The van der Waals surface area contributed by atoms with Crippen LogP contribution in [0.15, 0.2) is 0 Å². The summed E-state index contributed by atoms with van der Waals surface area (Å²) in [5.74, 6) is -1.01. The lowest BCUT2D eigenvalue weighted by molar-refractivity contribution is -0.145. The predicted octanol–water partition coefficient (Wildman–Crippen LogP) is 3.06. The molecule has 0 saturated heterocycles. The second-order valence-electron chi connectivity index (χ2n) is 6.34. The Kier molecular flexibility index (Phi) is 17.1. The van der Waals surface area contributed by atoms with Crippen LogP contribution in [0.5, 0.6) is 0 Å². The fourth-order valence-electron chi connectivity index (χ4n) is 2.53. The Morgan fingerprint density at radius 1 is 0.700 bits per heavy atom. The Bertz CT molecular complexity index is 469. The van der Waals surface area contributed by atoms with Crippen LogP contribution in [-0.2, 0) is 28.1 Å². The number of carbonyl (C=O) groups is 3. The Balaban J connectivity index is 4.97. The molecule has 0 aliphatic carbocycles. The number of hydrogen-bond donors (Lipinski definition) is 2. The van der Waals surface area contributed by atoms with Crippen molar-refractivity contribution >= 4 is 34.3 Å². The van der Waals surface area contributed by atoms with Crippen LogP contribution in [0.4, 0.5) is 4.79 Å². The molecule has 0 heterocycles. The molecule has 11 heteroatoms. The van der Waals surface area contributed by atoms with Crippen molar-refractivity contribution in [1.29, 1.82) is 0 Å². The van der Waals surface area contributed by atoms with Crippen molar-refractivity contribution in [2.24, 2.45) is 0 Å². The average Bonchev–Trinajstić information content (AvgIpc) is 2.69. The second-order valence-corrected chi connectivity index (χ2v) is 10.3. The van der Waals surface area contributed by atoms with Gasteiger partial charge in [-0.1, -0.05) is 0 Å². The molecule has 9 nitrogen and oxygen atoms in total. The molecular formula is C19H38N2O7P2. The molecule has 0 aromatic rings. The maximum atomic E-state index is 12.5. The van der Waals surface area contributed by atoms with E-state index in [1.165, 1.54) is 0 Å². The third kappa shape index (κ3) is 13.3. The Morgan fingerprint density at radius 2 is 1.07 bits per heavy atom. The van der Waals surface area contributed by atoms with Crippen LogP contribution in [0.1, 0.15) is 40.5 Å². The van der Waals surface area contributed by atoms with Crippen molar-refractivity contribution in [2.45, 2.75) is 52.6 Å². The van der Waals surface area contributed by atoms with E-state index in [4.69, 9.17) is 18.5 Å². The highest BCUT2D eigenvalue weighted by molar-refractivity contribution is 7.51. The van der Waals surface area contributed by atoms with E-state index in [0.29, 0.717) is 38.4 Å². The second kappa shape index (κ2) is 17.6. The summed E-state index contributed by atoms with van der Waals surface area (Å²) in [4.78, 5) is 37.0. The highest BCUT2D eigenvalue weighted by Gasteiger charge is 2.27. The molecule has 0 saturated carbocycles. The lowest BCUT2D eigenvalue weighted by Gasteiger charge is -2.22. The fraction of sp³-hybridized carbons (Fsp3) is 0.842. The molecule has 0 fully saturated rings. The van der Waals surface area contributed by atoms with E-state index in [1.54, 1.807) is 13.8 Å². The van der Waals surface area contributed by atoms with E-state index >= 15 is 0 Å². The summed E-state index contributed by atoms with van der Waals surface area (Å²) in [5, 5.41) is 5.27. The Hall–Kier alpha value is -1.01. The number of ether oxygens (including phenoxy) is 2. The molecule has 0 aromatic heterocycles. The van der Waals surface area contributed by atoms with Gasteiger partial charge in [-0.05, 0) is 66.2 Å². The number of rotatable bonds is 16. The van der Waals surface area contributed by atoms with Crippen molar-refractivity contribution in [1.82, 2.24) is 10.6 Å². The van der Waals surface area contributed by atoms with Gasteiger partial charge in [0.2, 0.25) is 0 Å². The molecule has 0 aliphatic rings. The van der Waals surface area contributed by atoms with Gasteiger partial charge in [0.1, 0.15) is 12.1 Å². The van der Waals surface area contributed by atoms with E-state index in [1.807, 2.05) is 27.2 Å². The maximum absolute atomic E-state index is 12.5. The molecule has 0 aliphatic heterocycles. The van der Waals surface area contributed by atoms with Crippen molar-refractivity contribution in [3.8, 4) is 0 Å². The molecule has 0 aromatic carbocycles. The van der Waals surface area contributed by atoms with E-state index in [-0.39, 0.29) is 13.2 Å². The Morgan fingerprint density at radius 3 is 1.37 bits per heavy atom. The summed E-state index contributed by atoms with van der Waals surface area (Å²) in [5.41, 5.74) is 0. The lowest BCUT2D eigenvalue weighted by atomic mass is 10.2. The standard InChI is InChI=1S/C19H38N2O7P2/c1-7-25-17(22)15(11-13-29(5)27-9-3)20-19(24)21-16(18(23)26-8-2)12-14-30(6)28-10-4/h15-16H,7-14H2,1-6H3,(H2,20,21,24). The van der Waals surface area contributed by atoms with Gasteiger partial charge in [0.25, 0.3) is 0 Å². The summed E-state index contributed by atoms with van der Waals surface area (Å²) >= 11 is 0. The summed E-state index contributed by atoms with van der Waals surface area (Å²) in [6.45, 7) is 12.8. The number of amides is 2. The van der Waals surface area contributed by atoms with Crippen LogP contribution >= 0.6 is 16.3 Å². The molecule has 0 rings (SSSR count). The molecular weight excluding hydrogens is 430 g/mol. The van der Waals surface area contributed by atoms with Gasteiger partial charge in [-0.15, -0.1) is 0 Å². The smallest absolute Gasteiger partial charge is 0.328 e. The normalized spacial score (nSPS) is 14.9. The largest absolute Gasteiger partial charge is 0.464 e. The monoisotopic (exact) mass is 468 g/mol. The summed E-state index contributed by atoms with van der Waals surface area (Å²) in [7, 11) is -1.37. The first-order valence-electron chi connectivity index (χ1n) is 10.4. The zero-order chi connectivity index (χ0) is 22.9. The Labute approximate surface area is 183 Å². The van der Waals surface area contributed by atoms with Crippen LogP contribution < -0.4 is 10.6 Å². The van der Waals surface area contributed by atoms with Gasteiger partial charge >= 0.3 is 18.0 Å². The zero-order valence-corrected chi connectivity index (χ0v) is 20.9. The van der Waals surface area contributed by atoms with Crippen LogP contribution in [0.25, 0.3) is 0 Å². The first kappa shape index (κ1) is 29.0. The van der Waals surface area contributed by atoms with Crippen molar-refractivity contribution in [3.05, 3.63) is 0 Å². The van der Waals surface area contributed by atoms with Gasteiger partial charge in [0.15, 0.2) is 0 Å². The number of nitrogens with one attached hydrogen (secondary N) is 2. The zero-order valence-electron chi connectivity index (χ0n) is 19.1. The highest BCUT2D eigenvalue weighted by Crippen LogP contribution is 2.33. The molecule has 0 bridgehead atoms. The van der Waals surface area contributed by atoms with Gasteiger partial charge in [0, 0.05) is 29.5 Å². The molecule has 0 spiro atoms. The van der Waals surface area contributed by atoms with E-state index in [2.05, 4.69) is 10.6 Å². The SMILES string of the molecule is CCOC(=O)C(CCP(C)OCC)NC(=O)NC(CCP(C)OCC)C(=O)OCC. The predicted molar refractivity (Wildman–Crippen MR) is 120 cm³/mol. The van der Waals surface area contributed by atoms with Gasteiger partial charge < -0.3 is 29.2 Å². The van der Waals surface area contributed by atoms with Gasteiger partial charge in [-0.2, -0.15) is 0 Å². The number of hydrogen-bond acceptors (Lipinski definition) is 7. The first-order chi connectivity index (χ1) is 14.3. The molecule has 30 heavy (non-hydrogen) atoms. The maximum Gasteiger partial charge on any atom is 0.328 e. The van der Waals surface area contributed by atoms with Crippen LogP contribution in [0, 0.1) is 0 Å². The molecule has 4 unspecified atom stereocenters. The summed E-state index contributed by atoms with van der Waals surface area (Å²) < 4.78 is 21.2. The molecule has 4 atom stereocenters. The minimum atomic E-state index is -0.815. The van der Waals surface area contributed by atoms with Gasteiger partial charge in [-0.25, -0.2) is 14.4 Å². The van der Waals surface area contributed by atoms with Crippen molar-refractivity contribution < 1.29 is 32.9 Å². The van der Waals surface area contributed by atoms with Crippen LogP contribution in [-0.4, -0.2) is 82.1 Å². The number of esters is 2. The van der Waals surface area contributed by atoms with E-state index in [0.717, 1.165) is 0 Å². The third-order valence-electron chi connectivity index (χ3n) is 3.92.